The Balaban J connectivity index is 1.62. The highest BCUT2D eigenvalue weighted by atomic mass is 32.2. The lowest BCUT2D eigenvalue weighted by Crippen LogP contribution is -2.41. The van der Waals surface area contributed by atoms with Crippen LogP contribution >= 0.6 is 0 Å². The molecule has 7 nitrogen and oxygen atoms in total. The molecular weight excluding hydrogens is 423 g/mol. The van der Waals surface area contributed by atoms with Gasteiger partial charge in [-0.1, -0.05) is 24.3 Å². The van der Waals surface area contributed by atoms with E-state index in [0.717, 1.165) is 17.4 Å². The van der Waals surface area contributed by atoms with Crippen LogP contribution in [0.1, 0.15) is 16.8 Å². The third-order valence-electron chi connectivity index (χ3n) is 5.43. The minimum absolute atomic E-state index is 0.180. The fraction of sp³-hybridized carbons (Fsp3) is 0.364. The summed E-state index contributed by atoms with van der Waals surface area (Å²) in [6, 6.07) is 12.3. The summed E-state index contributed by atoms with van der Waals surface area (Å²) in [5.41, 5.74) is 2.02. The Labute approximate surface area is 181 Å². The van der Waals surface area contributed by atoms with Gasteiger partial charge in [0.25, 0.3) is 5.91 Å². The van der Waals surface area contributed by atoms with Crippen LogP contribution in [0.4, 0.5) is 4.39 Å². The number of hydrogen-bond acceptors (Lipinski definition) is 6. The number of rotatable bonds is 7. The Morgan fingerprint density at radius 1 is 1.16 bits per heavy atom. The van der Waals surface area contributed by atoms with Crippen molar-refractivity contribution in [3.63, 3.8) is 0 Å². The van der Waals surface area contributed by atoms with E-state index in [2.05, 4.69) is 5.32 Å². The van der Waals surface area contributed by atoms with Crippen molar-refractivity contribution in [3.05, 3.63) is 59.9 Å². The lowest BCUT2D eigenvalue weighted by Gasteiger charge is -2.22. The Morgan fingerprint density at radius 3 is 2.52 bits per heavy atom. The maximum atomic E-state index is 13.1. The second-order valence-electron chi connectivity index (χ2n) is 7.56. The van der Waals surface area contributed by atoms with Gasteiger partial charge in [0, 0.05) is 31.5 Å². The summed E-state index contributed by atoms with van der Waals surface area (Å²) in [5, 5.41) is 2.16. The van der Waals surface area contributed by atoms with Crippen LogP contribution in [-0.4, -0.2) is 69.5 Å². The van der Waals surface area contributed by atoms with Gasteiger partial charge in [-0.15, -0.1) is 0 Å². The highest BCUT2D eigenvalue weighted by molar-refractivity contribution is 7.91. The molecule has 2 aromatic rings. The van der Waals surface area contributed by atoms with Gasteiger partial charge in [0.1, 0.15) is 11.9 Å². The molecule has 2 atom stereocenters. The van der Waals surface area contributed by atoms with Crippen LogP contribution < -0.4 is 5.32 Å². The van der Waals surface area contributed by atoms with Crippen LogP contribution in [0.3, 0.4) is 0 Å². The van der Waals surface area contributed by atoms with Gasteiger partial charge in [0.2, 0.25) is 0 Å². The number of likely N-dealkylation sites (tertiary alicyclic amines) is 1. The molecule has 1 aliphatic rings. The van der Waals surface area contributed by atoms with E-state index in [0.29, 0.717) is 12.1 Å². The number of nitrogens with zero attached hydrogens (tertiary/aromatic N) is 1. The van der Waals surface area contributed by atoms with Crippen LogP contribution in [0, 0.1) is 5.82 Å². The third kappa shape index (κ3) is 5.68. The van der Waals surface area contributed by atoms with Crippen molar-refractivity contribution >= 4 is 21.7 Å². The molecule has 31 heavy (non-hydrogen) atoms. The first-order chi connectivity index (χ1) is 14.7. The maximum absolute atomic E-state index is 13.1. The van der Waals surface area contributed by atoms with Crippen molar-refractivity contribution < 1.29 is 27.1 Å². The number of esters is 1. The molecule has 1 amide bonds. The first kappa shape index (κ1) is 22.9. The lowest BCUT2D eigenvalue weighted by atomic mass is 10.0. The van der Waals surface area contributed by atoms with Crippen LogP contribution in [-0.2, 0) is 19.4 Å². The molecular formula is C22H25FN2O5S. The van der Waals surface area contributed by atoms with Gasteiger partial charge in [0.05, 0.1) is 12.4 Å². The summed E-state index contributed by atoms with van der Waals surface area (Å²) in [6.07, 6.45) is 1.34. The predicted octanol–water partition coefficient (Wildman–Crippen LogP) is 1.88. The Hall–Kier alpha value is -2.78. The smallest absolute Gasteiger partial charge is 0.323 e. The summed E-state index contributed by atoms with van der Waals surface area (Å²) in [4.78, 5) is 26.3. The number of halogens is 1. The van der Waals surface area contributed by atoms with Crippen molar-refractivity contribution in [1.82, 2.24) is 10.2 Å². The predicted molar refractivity (Wildman–Crippen MR) is 115 cm³/mol. The molecule has 0 bridgehead atoms. The Bertz CT molecular complexity index is 1060. The van der Waals surface area contributed by atoms with E-state index in [1.54, 1.807) is 35.2 Å². The summed E-state index contributed by atoms with van der Waals surface area (Å²) >= 11 is 0. The normalized spacial score (nSPS) is 19.2. The van der Waals surface area contributed by atoms with Crippen molar-refractivity contribution in [2.24, 2.45) is 0 Å². The number of sulfone groups is 1. The fourth-order valence-electron chi connectivity index (χ4n) is 3.70. The molecule has 166 valence electrons. The van der Waals surface area contributed by atoms with Crippen LogP contribution in [0.25, 0.3) is 11.1 Å². The number of carbonyl (C=O) groups excluding carboxylic acids is 2. The molecule has 1 N–H and O–H groups in total. The highest BCUT2D eigenvalue weighted by Crippen LogP contribution is 2.24. The first-order valence-electron chi connectivity index (χ1n) is 9.84. The van der Waals surface area contributed by atoms with E-state index < -0.39 is 27.1 Å². The highest BCUT2D eigenvalue weighted by Gasteiger charge is 2.41. The second kappa shape index (κ2) is 9.57. The average molecular weight is 449 g/mol. The second-order valence-corrected chi connectivity index (χ2v) is 9.89. The molecule has 1 heterocycles. The van der Waals surface area contributed by atoms with Gasteiger partial charge >= 0.3 is 5.97 Å². The number of amides is 1. The Kier molecular flexibility index (Phi) is 7.07. The van der Waals surface area contributed by atoms with Gasteiger partial charge < -0.3 is 10.1 Å². The largest absolute Gasteiger partial charge is 0.468 e. The van der Waals surface area contributed by atoms with E-state index in [-0.39, 0.29) is 31.2 Å². The van der Waals surface area contributed by atoms with Crippen LogP contribution in [0.2, 0.25) is 0 Å². The quantitative estimate of drug-likeness (QED) is 0.651. The third-order valence-corrected chi connectivity index (χ3v) is 6.98. The number of methoxy groups -OCH3 is 1. The lowest BCUT2D eigenvalue weighted by molar-refractivity contribution is -0.145. The molecule has 1 aliphatic heterocycles. The number of nitrogens with one attached hydrogen (secondary N) is 1. The SMILES string of the molecule is COC(=O)[C@@H]1C[C@@H](S(C)(=O)=O)CN1CCNC(=O)c1cccc(-c2ccc(F)cc2)c1. The molecule has 3 rings (SSSR count). The zero-order valence-electron chi connectivity index (χ0n) is 17.4. The summed E-state index contributed by atoms with van der Waals surface area (Å²) in [5.74, 6) is -1.11. The fourth-order valence-corrected chi connectivity index (χ4v) is 4.69. The maximum Gasteiger partial charge on any atom is 0.323 e. The topological polar surface area (TPSA) is 92.8 Å². The molecule has 2 aromatic carbocycles. The zero-order chi connectivity index (χ0) is 22.6. The van der Waals surface area contributed by atoms with E-state index in [1.165, 1.54) is 19.2 Å². The first-order valence-corrected chi connectivity index (χ1v) is 11.8. The van der Waals surface area contributed by atoms with E-state index in [9.17, 15) is 22.4 Å². The summed E-state index contributed by atoms with van der Waals surface area (Å²) in [7, 11) is -2.02. The molecule has 0 radical (unpaired) electrons. The van der Waals surface area contributed by atoms with E-state index in [1.807, 2.05) is 6.07 Å². The van der Waals surface area contributed by atoms with Crippen molar-refractivity contribution in [2.45, 2.75) is 17.7 Å². The molecule has 0 unspecified atom stereocenters. The molecule has 0 spiro atoms. The van der Waals surface area contributed by atoms with Gasteiger partial charge in [0.15, 0.2) is 9.84 Å². The Morgan fingerprint density at radius 2 is 1.87 bits per heavy atom. The van der Waals surface area contributed by atoms with Crippen LogP contribution in [0.15, 0.2) is 48.5 Å². The summed E-state index contributed by atoms with van der Waals surface area (Å²) < 4.78 is 41.7. The van der Waals surface area contributed by atoms with Gasteiger partial charge in [-0.05, 0) is 41.8 Å². The van der Waals surface area contributed by atoms with Gasteiger partial charge in [-0.2, -0.15) is 0 Å². The van der Waals surface area contributed by atoms with Gasteiger partial charge in [-0.25, -0.2) is 12.8 Å². The number of benzene rings is 2. The monoisotopic (exact) mass is 448 g/mol. The van der Waals surface area contributed by atoms with Crippen molar-refractivity contribution in [1.29, 1.82) is 0 Å². The average Bonchev–Trinajstić information content (AvgIpc) is 3.18. The molecule has 9 heteroatoms. The standard InChI is InChI=1S/C22H25FN2O5S/c1-30-22(27)20-13-19(31(2,28)29)14-25(20)11-10-24-21(26)17-5-3-4-16(12-17)15-6-8-18(23)9-7-15/h3-9,12,19-20H,10-11,13-14H2,1-2H3,(H,24,26)/t19-,20+/m1/s1. The molecule has 0 aliphatic carbocycles. The minimum atomic E-state index is -3.29. The van der Waals surface area contributed by atoms with Crippen molar-refractivity contribution in [3.8, 4) is 11.1 Å². The molecule has 1 fully saturated rings. The molecule has 0 saturated carbocycles. The number of ether oxygens (including phenoxy) is 1. The van der Waals surface area contributed by atoms with E-state index in [4.69, 9.17) is 4.74 Å². The molecule has 1 saturated heterocycles. The van der Waals surface area contributed by atoms with Crippen molar-refractivity contribution in [2.75, 3.05) is 33.0 Å². The van der Waals surface area contributed by atoms with Gasteiger partial charge in [-0.3, -0.25) is 14.5 Å². The number of hydrogen-bond donors (Lipinski definition) is 1. The number of carbonyl (C=O) groups is 2. The van der Waals surface area contributed by atoms with Crippen LogP contribution in [0.5, 0.6) is 0 Å². The molecule has 0 aromatic heterocycles. The zero-order valence-corrected chi connectivity index (χ0v) is 18.2. The van der Waals surface area contributed by atoms with E-state index >= 15 is 0 Å². The summed E-state index contributed by atoms with van der Waals surface area (Å²) in [6.45, 7) is 0.771. The minimum Gasteiger partial charge on any atom is -0.468 e.